The highest BCUT2D eigenvalue weighted by Gasteiger charge is 2.05. The topological polar surface area (TPSA) is 67.2 Å². The van der Waals surface area contributed by atoms with E-state index in [1.165, 1.54) is 7.11 Å². The predicted molar refractivity (Wildman–Crippen MR) is 62.6 cm³/mol. The molecular weight excluding hydrogens is 206 g/mol. The Hall–Kier alpha value is -1.21. The maximum atomic E-state index is 8.27. The second-order valence-electron chi connectivity index (χ2n) is 4.29. The lowest BCUT2D eigenvalue weighted by Gasteiger charge is -2.10. The first-order valence-electron chi connectivity index (χ1n) is 5.14. The molecule has 5 nitrogen and oxygen atoms in total. The van der Waals surface area contributed by atoms with Gasteiger partial charge in [-0.05, 0) is 26.3 Å². The average Bonchev–Trinajstić information content (AvgIpc) is 2.16. The van der Waals surface area contributed by atoms with Crippen LogP contribution in [0.5, 0.6) is 0 Å². The Morgan fingerprint density at radius 2 is 2.12 bits per heavy atom. The molecule has 0 saturated heterocycles. The summed E-state index contributed by atoms with van der Waals surface area (Å²) in [5.41, 5.74) is 8.28. The Morgan fingerprint density at radius 3 is 2.62 bits per heavy atom. The van der Waals surface area contributed by atoms with Crippen LogP contribution in [0.1, 0.15) is 27.2 Å². The first-order chi connectivity index (χ1) is 7.49. The molecule has 0 bridgehead atoms. The van der Waals surface area contributed by atoms with Crippen LogP contribution >= 0.6 is 0 Å². The first-order valence-corrected chi connectivity index (χ1v) is 5.14. The first kappa shape index (κ1) is 14.8. The summed E-state index contributed by atoms with van der Waals surface area (Å²) in [7, 11) is 1.53. The number of rotatable bonds is 6. The summed E-state index contributed by atoms with van der Waals surface area (Å²) in [5.74, 6) is 6.11. The van der Waals surface area contributed by atoms with Crippen LogP contribution in [0, 0.1) is 17.3 Å². The third-order valence-corrected chi connectivity index (χ3v) is 1.49. The van der Waals surface area contributed by atoms with Gasteiger partial charge < -0.3 is 9.47 Å². The quantitative estimate of drug-likeness (QED) is 0.229. The Balaban J connectivity index is 3.85. The monoisotopic (exact) mass is 225 g/mol. The molecule has 0 heterocycles. The van der Waals surface area contributed by atoms with E-state index in [0.29, 0.717) is 13.0 Å². The second-order valence-corrected chi connectivity index (χ2v) is 4.29. The summed E-state index contributed by atoms with van der Waals surface area (Å²) in [6.45, 7) is 6.85. The summed E-state index contributed by atoms with van der Waals surface area (Å²) < 4.78 is 10.1. The van der Waals surface area contributed by atoms with Gasteiger partial charge in [0.05, 0.1) is 13.2 Å². The molecule has 5 heteroatoms. The Morgan fingerprint density at radius 1 is 1.44 bits per heavy atom. The molecular formula is C11H19N3O2. The largest absolute Gasteiger partial charge is 0.382 e. The van der Waals surface area contributed by atoms with Gasteiger partial charge in [0.2, 0.25) is 0 Å². The van der Waals surface area contributed by atoms with Crippen LogP contribution in [0.25, 0.3) is 10.4 Å². The number of ether oxygens (including phenoxy) is 2. The molecule has 0 N–H and O–H groups in total. The van der Waals surface area contributed by atoms with Crippen LogP contribution in [0.2, 0.25) is 0 Å². The lowest BCUT2D eigenvalue weighted by molar-refractivity contribution is 0.00500. The molecule has 0 aromatic carbocycles. The van der Waals surface area contributed by atoms with E-state index in [-0.39, 0.29) is 12.0 Å². The lowest BCUT2D eigenvalue weighted by atomic mass is 9.98. The third-order valence-electron chi connectivity index (χ3n) is 1.49. The van der Waals surface area contributed by atoms with Gasteiger partial charge in [-0.25, -0.2) is 0 Å². The Bertz CT molecular complexity index is 293. The molecule has 0 rings (SSSR count). The van der Waals surface area contributed by atoms with Gasteiger partial charge in [0.25, 0.3) is 0 Å². The van der Waals surface area contributed by atoms with Crippen molar-refractivity contribution < 1.29 is 9.47 Å². The van der Waals surface area contributed by atoms with Crippen LogP contribution in [0.3, 0.4) is 0 Å². The molecule has 0 fully saturated rings. The van der Waals surface area contributed by atoms with Gasteiger partial charge in [0, 0.05) is 23.9 Å². The van der Waals surface area contributed by atoms with Crippen molar-refractivity contribution in [3.05, 3.63) is 10.4 Å². The van der Waals surface area contributed by atoms with Crippen LogP contribution in [0.15, 0.2) is 5.11 Å². The van der Waals surface area contributed by atoms with Crippen molar-refractivity contribution in [2.75, 3.05) is 20.3 Å². The van der Waals surface area contributed by atoms with E-state index in [0.717, 1.165) is 0 Å². The van der Waals surface area contributed by atoms with E-state index in [1.807, 2.05) is 0 Å². The van der Waals surface area contributed by atoms with Crippen molar-refractivity contribution in [2.45, 2.75) is 33.4 Å². The fraction of sp³-hybridized carbons (Fsp3) is 0.818. The van der Waals surface area contributed by atoms with E-state index in [9.17, 15) is 0 Å². The minimum atomic E-state index is -0.563. The number of methoxy groups -OCH3 is 1. The van der Waals surface area contributed by atoms with E-state index in [1.54, 1.807) is 0 Å². The molecule has 16 heavy (non-hydrogen) atoms. The molecule has 0 saturated carbocycles. The van der Waals surface area contributed by atoms with Gasteiger partial charge in [-0.1, -0.05) is 11.0 Å². The molecule has 0 spiro atoms. The Kier molecular flexibility index (Phi) is 7.40. The molecule has 0 aliphatic rings. The molecule has 90 valence electrons. The molecule has 0 aromatic rings. The fourth-order valence-electron chi connectivity index (χ4n) is 0.889. The Labute approximate surface area is 96.7 Å². The van der Waals surface area contributed by atoms with E-state index in [2.05, 4.69) is 42.6 Å². The highest BCUT2D eigenvalue weighted by molar-refractivity contribution is 5.06. The smallest absolute Gasteiger partial charge is 0.159 e. The van der Waals surface area contributed by atoms with E-state index in [4.69, 9.17) is 15.0 Å². The molecule has 0 aliphatic heterocycles. The third kappa shape index (κ3) is 9.35. The highest BCUT2D eigenvalue weighted by atomic mass is 16.5. The van der Waals surface area contributed by atoms with Crippen LogP contribution in [0.4, 0.5) is 0 Å². The van der Waals surface area contributed by atoms with Gasteiger partial charge in [0.15, 0.2) is 6.23 Å². The number of hydrogen-bond acceptors (Lipinski definition) is 3. The zero-order chi connectivity index (χ0) is 12.4. The lowest BCUT2D eigenvalue weighted by Crippen LogP contribution is -2.16. The van der Waals surface area contributed by atoms with E-state index < -0.39 is 6.23 Å². The van der Waals surface area contributed by atoms with Crippen LogP contribution < -0.4 is 0 Å². The zero-order valence-electron chi connectivity index (χ0n) is 10.4. The predicted octanol–water partition coefficient (Wildman–Crippen LogP) is 2.73. The fourth-order valence-corrected chi connectivity index (χ4v) is 0.889. The summed E-state index contributed by atoms with van der Waals surface area (Å²) >= 11 is 0. The average molecular weight is 225 g/mol. The van der Waals surface area contributed by atoms with Crippen molar-refractivity contribution in [2.24, 2.45) is 10.5 Å². The van der Waals surface area contributed by atoms with Crippen LogP contribution in [-0.2, 0) is 9.47 Å². The van der Waals surface area contributed by atoms with Gasteiger partial charge in [0.1, 0.15) is 0 Å². The van der Waals surface area contributed by atoms with Gasteiger partial charge in [-0.2, -0.15) is 0 Å². The SMILES string of the molecule is COCC(N=[N+]=[N-])OCCC#CC(C)(C)C. The van der Waals surface area contributed by atoms with Crippen LogP contribution in [-0.4, -0.2) is 26.6 Å². The maximum absolute atomic E-state index is 8.27. The van der Waals surface area contributed by atoms with E-state index >= 15 is 0 Å². The van der Waals surface area contributed by atoms with Crippen molar-refractivity contribution in [3.63, 3.8) is 0 Å². The van der Waals surface area contributed by atoms with Crippen molar-refractivity contribution in [1.29, 1.82) is 0 Å². The molecule has 0 radical (unpaired) electrons. The molecule has 0 aromatic heterocycles. The number of nitrogens with zero attached hydrogens (tertiary/aromatic N) is 3. The number of azide groups is 1. The molecule has 0 aliphatic carbocycles. The van der Waals surface area contributed by atoms with Crippen molar-refractivity contribution >= 4 is 0 Å². The van der Waals surface area contributed by atoms with Gasteiger partial charge in [-0.15, -0.1) is 5.92 Å². The number of hydrogen-bond donors (Lipinski definition) is 0. The summed E-state index contributed by atoms with van der Waals surface area (Å²) in [6, 6.07) is 0. The molecule has 0 amide bonds. The summed E-state index contributed by atoms with van der Waals surface area (Å²) in [6.07, 6.45) is 0.0600. The maximum Gasteiger partial charge on any atom is 0.159 e. The standard InChI is InChI=1S/C11H19N3O2/c1-11(2,3)7-5-6-8-16-10(9-15-4)13-14-12/h10H,6,8-9H2,1-4H3. The van der Waals surface area contributed by atoms with Crippen molar-refractivity contribution in [1.82, 2.24) is 0 Å². The highest BCUT2D eigenvalue weighted by Crippen LogP contribution is 2.09. The van der Waals surface area contributed by atoms with Crippen molar-refractivity contribution in [3.8, 4) is 11.8 Å². The minimum Gasteiger partial charge on any atom is -0.382 e. The molecule has 1 unspecified atom stereocenters. The summed E-state index contributed by atoms with van der Waals surface area (Å²) in [4.78, 5) is 2.68. The molecule has 1 atom stereocenters. The second kappa shape index (κ2) is 8.00. The summed E-state index contributed by atoms with van der Waals surface area (Å²) in [5, 5.41) is 3.45. The van der Waals surface area contributed by atoms with Gasteiger partial charge >= 0.3 is 0 Å². The minimum absolute atomic E-state index is 0.0107. The zero-order valence-corrected chi connectivity index (χ0v) is 10.4. The van der Waals surface area contributed by atoms with Gasteiger partial charge in [-0.3, -0.25) is 0 Å². The normalized spacial score (nSPS) is 12.2.